The summed E-state index contributed by atoms with van der Waals surface area (Å²) in [5, 5.41) is 12.8. The van der Waals surface area contributed by atoms with Crippen molar-refractivity contribution in [1.29, 1.82) is 0 Å². The molecule has 3 aliphatic rings. The van der Waals surface area contributed by atoms with E-state index in [0.29, 0.717) is 68.7 Å². The van der Waals surface area contributed by atoms with Gasteiger partial charge in [0.2, 0.25) is 23.7 Å². The molecule has 0 aliphatic carbocycles. The highest BCUT2D eigenvalue weighted by atomic mass is 16.5. The Morgan fingerprint density at radius 3 is 2.56 bits per heavy atom. The van der Waals surface area contributed by atoms with Crippen LogP contribution < -0.4 is 20.7 Å². The van der Waals surface area contributed by atoms with Gasteiger partial charge in [0.1, 0.15) is 18.8 Å². The molecule has 1 unspecified atom stereocenters. The Bertz CT molecular complexity index is 2080. The summed E-state index contributed by atoms with van der Waals surface area (Å²) in [5.74, 6) is -0.441. The fraction of sp³-hybridized carbons (Fsp3) is 0.513. The summed E-state index contributed by atoms with van der Waals surface area (Å²) in [7, 11) is 2.11. The van der Waals surface area contributed by atoms with E-state index in [1.54, 1.807) is 27.9 Å². The molecule has 2 saturated heterocycles. The van der Waals surface area contributed by atoms with Crippen LogP contribution in [0.25, 0.3) is 5.65 Å². The molecular weight excluding hydrogens is 734 g/mol. The van der Waals surface area contributed by atoms with Crippen LogP contribution in [0.15, 0.2) is 36.8 Å². The molecular formula is C39H49N11O7. The van der Waals surface area contributed by atoms with E-state index >= 15 is 0 Å². The molecule has 6 heterocycles. The number of ether oxygens (including phenoxy) is 3. The summed E-state index contributed by atoms with van der Waals surface area (Å²) in [5.41, 5.74) is 5.00. The topological polar surface area (TPSA) is 207 Å². The Labute approximate surface area is 330 Å². The van der Waals surface area contributed by atoms with Crippen LogP contribution >= 0.6 is 0 Å². The number of imide groups is 1. The van der Waals surface area contributed by atoms with Gasteiger partial charge in [0.25, 0.3) is 11.8 Å². The molecule has 57 heavy (non-hydrogen) atoms. The quantitative estimate of drug-likeness (QED) is 0.104. The van der Waals surface area contributed by atoms with Crippen LogP contribution in [0, 0.1) is 0 Å². The van der Waals surface area contributed by atoms with Crippen LogP contribution in [-0.4, -0.2) is 122 Å². The molecule has 1 aromatic carbocycles. The number of likely N-dealkylation sites (tertiary alicyclic amines) is 1. The highest BCUT2D eigenvalue weighted by Crippen LogP contribution is 2.30. The van der Waals surface area contributed by atoms with Gasteiger partial charge in [-0.15, -0.1) is 0 Å². The molecule has 3 aliphatic heterocycles. The molecule has 2 fully saturated rings. The van der Waals surface area contributed by atoms with Crippen molar-refractivity contribution in [3.05, 3.63) is 64.6 Å². The van der Waals surface area contributed by atoms with Crippen LogP contribution in [0.1, 0.15) is 84.5 Å². The summed E-state index contributed by atoms with van der Waals surface area (Å²) in [6.07, 6.45) is 8.88. The second kappa shape index (κ2) is 18.1. The summed E-state index contributed by atoms with van der Waals surface area (Å²) in [6, 6.07) is 5.29. The number of fused-ring (bicyclic) bond motifs is 2. The first kappa shape index (κ1) is 39.6. The van der Waals surface area contributed by atoms with Crippen molar-refractivity contribution in [3.8, 4) is 6.01 Å². The van der Waals surface area contributed by atoms with Crippen molar-refractivity contribution in [2.24, 2.45) is 0 Å². The van der Waals surface area contributed by atoms with Crippen molar-refractivity contribution in [2.45, 2.75) is 83.5 Å². The van der Waals surface area contributed by atoms with E-state index in [1.165, 1.54) is 0 Å². The zero-order valence-electron chi connectivity index (χ0n) is 32.5. The maximum absolute atomic E-state index is 13.1. The summed E-state index contributed by atoms with van der Waals surface area (Å²) < 4.78 is 19.1. The van der Waals surface area contributed by atoms with Crippen molar-refractivity contribution in [1.82, 2.24) is 44.7 Å². The zero-order chi connectivity index (χ0) is 39.9. The molecule has 0 radical (unpaired) electrons. The Morgan fingerprint density at radius 2 is 1.79 bits per heavy atom. The normalized spacial score (nSPS) is 17.6. The van der Waals surface area contributed by atoms with E-state index in [2.05, 4.69) is 61.8 Å². The molecule has 1 atom stereocenters. The van der Waals surface area contributed by atoms with Gasteiger partial charge >= 0.3 is 6.01 Å². The lowest BCUT2D eigenvalue weighted by Crippen LogP contribution is -2.52. The fourth-order valence-electron chi connectivity index (χ4n) is 7.19. The second-order valence-corrected chi connectivity index (χ2v) is 14.9. The van der Waals surface area contributed by atoms with Crippen molar-refractivity contribution >= 4 is 41.2 Å². The van der Waals surface area contributed by atoms with Crippen LogP contribution in [0.4, 0.5) is 11.9 Å². The molecule has 4 aromatic rings. The summed E-state index contributed by atoms with van der Waals surface area (Å²) in [6.45, 7) is 7.63. The predicted octanol–water partition coefficient (Wildman–Crippen LogP) is 2.49. The van der Waals surface area contributed by atoms with E-state index in [-0.39, 0.29) is 55.3 Å². The molecule has 3 N–H and O–H groups in total. The van der Waals surface area contributed by atoms with Gasteiger partial charge in [0, 0.05) is 68.3 Å². The summed E-state index contributed by atoms with van der Waals surface area (Å²) in [4.78, 5) is 71.3. The van der Waals surface area contributed by atoms with Crippen LogP contribution in [0.5, 0.6) is 6.01 Å². The molecule has 302 valence electrons. The standard InChI is InChI=1S/C39H49N11O7/c1-24(2)29-21-43-50-34(29)46-39(57-27-11-13-48(3)14-12-27)47-38(50)42-20-25-18-40-37(41-19-25)45-33(52)23-56-17-16-55-15-5-7-26-6-4-8-28-30(26)22-49(36(28)54)31-9-10-32(51)44-35(31)53/h4,6,8,18-19,21,24,27,31H,5,7,9-17,20,22-23H2,1-3H3,(H,42,46,47)(H,44,51,53)(H,40,41,45,52). The van der Waals surface area contributed by atoms with Gasteiger partial charge in [0.05, 0.1) is 19.4 Å². The molecule has 18 nitrogen and oxygen atoms in total. The number of aromatic nitrogens is 6. The largest absolute Gasteiger partial charge is 0.460 e. The van der Waals surface area contributed by atoms with Crippen molar-refractivity contribution in [3.63, 3.8) is 0 Å². The maximum Gasteiger partial charge on any atom is 0.322 e. The monoisotopic (exact) mass is 783 g/mol. The second-order valence-electron chi connectivity index (χ2n) is 14.9. The third-order valence-electron chi connectivity index (χ3n) is 10.4. The highest BCUT2D eigenvalue weighted by Gasteiger charge is 2.39. The van der Waals surface area contributed by atoms with Crippen molar-refractivity contribution < 1.29 is 33.4 Å². The molecule has 0 saturated carbocycles. The average molecular weight is 784 g/mol. The van der Waals surface area contributed by atoms with E-state index in [9.17, 15) is 19.2 Å². The molecule has 3 aromatic heterocycles. The lowest BCUT2D eigenvalue weighted by Gasteiger charge is -2.29. The van der Waals surface area contributed by atoms with Gasteiger partial charge in [-0.05, 0) is 62.3 Å². The fourth-order valence-corrected chi connectivity index (χ4v) is 7.19. The smallest absolute Gasteiger partial charge is 0.322 e. The van der Waals surface area contributed by atoms with E-state index < -0.39 is 11.9 Å². The van der Waals surface area contributed by atoms with Gasteiger partial charge in [-0.2, -0.15) is 19.6 Å². The van der Waals surface area contributed by atoms with Crippen LogP contribution in [0.2, 0.25) is 0 Å². The molecule has 0 bridgehead atoms. The zero-order valence-corrected chi connectivity index (χ0v) is 32.5. The summed E-state index contributed by atoms with van der Waals surface area (Å²) >= 11 is 0. The van der Waals surface area contributed by atoms with Crippen molar-refractivity contribution in [2.75, 3.05) is 57.2 Å². The molecule has 7 rings (SSSR count). The maximum atomic E-state index is 13.1. The Kier molecular flexibility index (Phi) is 12.6. The molecule has 0 spiro atoms. The number of aryl methyl sites for hydroxylation is 1. The van der Waals surface area contributed by atoms with Gasteiger partial charge in [-0.1, -0.05) is 26.0 Å². The van der Waals surface area contributed by atoms with Gasteiger partial charge in [-0.25, -0.2) is 9.97 Å². The number of anilines is 2. The number of nitrogens with one attached hydrogen (secondary N) is 3. The minimum absolute atomic E-state index is 0.0505. The lowest BCUT2D eigenvalue weighted by atomic mass is 10.00. The van der Waals surface area contributed by atoms with Gasteiger partial charge < -0.3 is 29.3 Å². The number of carbonyl (C=O) groups excluding carboxylic acids is 4. The van der Waals surface area contributed by atoms with E-state index in [1.807, 2.05) is 18.3 Å². The highest BCUT2D eigenvalue weighted by molar-refractivity contribution is 6.05. The number of amides is 4. The third-order valence-corrected chi connectivity index (χ3v) is 10.4. The van der Waals surface area contributed by atoms with E-state index in [4.69, 9.17) is 19.2 Å². The number of nitrogens with zero attached hydrogens (tertiary/aromatic N) is 8. The van der Waals surface area contributed by atoms with Gasteiger partial charge in [0.15, 0.2) is 5.65 Å². The number of rotatable bonds is 17. The number of benzene rings is 1. The Hall–Kier alpha value is -5.59. The first-order chi connectivity index (χ1) is 27.6. The Balaban J connectivity index is 0.808. The number of hydrogen-bond acceptors (Lipinski definition) is 14. The minimum atomic E-state index is -0.643. The molecule has 4 amide bonds. The number of piperidine rings is 2. The van der Waals surface area contributed by atoms with Crippen LogP contribution in [0.3, 0.4) is 0 Å². The Morgan fingerprint density at radius 1 is 1.00 bits per heavy atom. The third kappa shape index (κ3) is 9.69. The first-order valence-electron chi connectivity index (χ1n) is 19.5. The number of hydrogen-bond donors (Lipinski definition) is 3. The minimum Gasteiger partial charge on any atom is -0.460 e. The first-order valence-corrected chi connectivity index (χ1v) is 19.5. The predicted molar refractivity (Wildman–Crippen MR) is 206 cm³/mol. The average Bonchev–Trinajstić information content (AvgIpc) is 3.78. The van der Waals surface area contributed by atoms with Crippen LogP contribution in [-0.2, 0) is 43.4 Å². The van der Waals surface area contributed by atoms with E-state index in [0.717, 1.165) is 48.2 Å². The lowest BCUT2D eigenvalue weighted by molar-refractivity contribution is -0.137. The number of carbonyl (C=O) groups is 4. The van der Waals surface area contributed by atoms with Gasteiger partial charge in [-0.3, -0.25) is 29.8 Å². The molecule has 18 heteroatoms. The SMILES string of the molecule is CC(C)c1cnn2c(NCc3cnc(NC(=O)COCCOCCCc4cccc5c4CN(C4CCC(=O)NC4=O)C5=O)nc3)nc(OC3CCN(C)CC3)nc12.